The molecule has 0 radical (unpaired) electrons. The van der Waals surface area contributed by atoms with Gasteiger partial charge >= 0.3 is 5.97 Å². The fourth-order valence-electron chi connectivity index (χ4n) is 3.77. The number of nitrogens with one attached hydrogen (secondary N) is 2. The molecule has 2 fully saturated rings. The van der Waals surface area contributed by atoms with Crippen LogP contribution < -0.4 is 10.6 Å². The second kappa shape index (κ2) is 8.11. The van der Waals surface area contributed by atoms with Gasteiger partial charge in [-0.2, -0.15) is 0 Å². The number of hydrogen-bond acceptors (Lipinski definition) is 3. The van der Waals surface area contributed by atoms with Crippen LogP contribution in [-0.2, 0) is 9.59 Å². The van der Waals surface area contributed by atoms with Gasteiger partial charge in [-0.3, -0.25) is 14.4 Å². The molecule has 0 atom stereocenters. The van der Waals surface area contributed by atoms with Crippen molar-refractivity contribution >= 4 is 23.5 Å². The summed E-state index contributed by atoms with van der Waals surface area (Å²) in [6.45, 7) is 1.86. The Morgan fingerprint density at radius 2 is 1.78 bits per heavy atom. The zero-order chi connectivity index (χ0) is 19.4. The highest BCUT2D eigenvalue weighted by atomic mass is 16.4. The van der Waals surface area contributed by atoms with Gasteiger partial charge in [0.05, 0.1) is 5.41 Å². The summed E-state index contributed by atoms with van der Waals surface area (Å²) in [4.78, 5) is 36.8. The van der Waals surface area contributed by atoms with Gasteiger partial charge in [0.25, 0.3) is 5.91 Å². The molecular formula is C21H28N2O4. The number of carboxylic acid groups (broad SMARTS) is 1. The second-order valence-electron chi connectivity index (χ2n) is 8.00. The van der Waals surface area contributed by atoms with Gasteiger partial charge in [-0.25, -0.2) is 0 Å². The summed E-state index contributed by atoms with van der Waals surface area (Å²) < 4.78 is 0. The van der Waals surface area contributed by atoms with E-state index in [9.17, 15) is 19.5 Å². The van der Waals surface area contributed by atoms with Crippen LogP contribution in [0.4, 0.5) is 5.69 Å². The quantitative estimate of drug-likeness (QED) is 0.664. The Morgan fingerprint density at radius 1 is 1.11 bits per heavy atom. The molecular weight excluding hydrogens is 344 g/mol. The van der Waals surface area contributed by atoms with E-state index in [1.807, 2.05) is 6.92 Å². The maximum atomic E-state index is 12.6. The zero-order valence-corrected chi connectivity index (χ0v) is 15.8. The van der Waals surface area contributed by atoms with E-state index in [1.54, 1.807) is 18.2 Å². The molecule has 0 saturated heterocycles. The molecule has 0 spiro atoms. The number of rotatable bonds is 6. The Kier molecular flexibility index (Phi) is 5.82. The highest BCUT2D eigenvalue weighted by Crippen LogP contribution is 2.38. The summed E-state index contributed by atoms with van der Waals surface area (Å²) in [5.74, 6) is -1.32. The van der Waals surface area contributed by atoms with E-state index in [2.05, 4.69) is 10.6 Å². The predicted molar refractivity (Wildman–Crippen MR) is 103 cm³/mol. The minimum Gasteiger partial charge on any atom is -0.481 e. The molecule has 0 bridgehead atoms. The highest BCUT2D eigenvalue weighted by molar-refractivity contribution is 5.99. The van der Waals surface area contributed by atoms with Gasteiger partial charge in [-0.05, 0) is 50.3 Å². The molecule has 27 heavy (non-hydrogen) atoms. The van der Waals surface area contributed by atoms with Crippen LogP contribution in [-0.4, -0.2) is 28.9 Å². The second-order valence-corrected chi connectivity index (χ2v) is 8.00. The van der Waals surface area contributed by atoms with Crippen LogP contribution in [0.3, 0.4) is 0 Å². The van der Waals surface area contributed by atoms with Crippen LogP contribution in [0.25, 0.3) is 0 Å². The SMILES string of the molecule is Cc1ccc(C(=O)NC2CC2)cc1NC(=O)CC1(C(=O)O)CCCCCC1. The molecule has 6 heteroatoms. The molecule has 3 N–H and O–H groups in total. The fraction of sp³-hybridized carbons (Fsp3) is 0.571. The molecule has 0 aliphatic heterocycles. The molecule has 2 amide bonds. The molecule has 0 heterocycles. The lowest BCUT2D eigenvalue weighted by atomic mass is 9.77. The molecule has 3 rings (SSSR count). The molecule has 2 aliphatic carbocycles. The normalized spacial score (nSPS) is 19.0. The van der Waals surface area contributed by atoms with Crippen LogP contribution in [0.1, 0.15) is 73.7 Å². The first kappa shape index (κ1) is 19.4. The van der Waals surface area contributed by atoms with Crippen molar-refractivity contribution in [2.75, 3.05) is 5.32 Å². The molecule has 2 saturated carbocycles. The van der Waals surface area contributed by atoms with Crippen molar-refractivity contribution < 1.29 is 19.5 Å². The van der Waals surface area contributed by atoms with Crippen molar-refractivity contribution in [3.63, 3.8) is 0 Å². The Labute approximate surface area is 159 Å². The third-order valence-corrected chi connectivity index (χ3v) is 5.70. The molecule has 0 aromatic heterocycles. The Morgan fingerprint density at radius 3 is 2.37 bits per heavy atom. The van der Waals surface area contributed by atoms with Crippen molar-refractivity contribution in [3.05, 3.63) is 29.3 Å². The summed E-state index contributed by atoms with van der Waals surface area (Å²) in [5, 5.41) is 15.5. The van der Waals surface area contributed by atoms with E-state index >= 15 is 0 Å². The van der Waals surface area contributed by atoms with Gasteiger partial charge in [-0.1, -0.05) is 31.7 Å². The molecule has 0 unspecified atom stereocenters. The summed E-state index contributed by atoms with van der Waals surface area (Å²) >= 11 is 0. The number of benzene rings is 1. The van der Waals surface area contributed by atoms with E-state index < -0.39 is 11.4 Å². The molecule has 6 nitrogen and oxygen atoms in total. The molecule has 146 valence electrons. The van der Waals surface area contributed by atoms with Crippen LogP contribution >= 0.6 is 0 Å². The van der Waals surface area contributed by atoms with E-state index in [-0.39, 0.29) is 24.3 Å². The van der Waals surface area contributed by atoms with Gasteiger partial charge in [0.1, 0.15) is 0 Å². The summed E-state index contributed by atoms with van der Waals surface area (Å²) in [5.41, 5.74) is 0.939. The highest BCUT2D eigenvalue weighted by Gasteiger charge is 2.40. The third kappa shape index (κ3) is 4.87. The summed E-state index contributed by atoms with van der Waals surface area (Å²) in [6, 6.07) is 5.48. The first-order valence-corrected chi connectivity index (χ1v) is 9.84. The smallest absolute Gasteiger partial charge is 0.310 e. The predicted octanol–water partition coefficient (Wildman–Crippen LogP) is 3.64. The van der Waals surface area contributed by atoms with Gasteiger partial charge in [0.2, 0.25) is 5.91 Å². The standard InChI is InChI=1S/C21H28N2O4/c1-14-6-7-15(19(25)22-16-8-9-16)12-17(14)23-18(24)13-21(20(26)27)10-4-2-3-5-11-21/h6-7,12,16H,2-5,8-11,13H2,1H3,(H,22,25)(H,23,24)(H,26,27). The van der Waals surface area contributed by atoms with Gasteiger partial charge in [0.15, 0.2) is 0 Å². The molecule has 2 aliphatic rings. The largest absolute Gasteiger partial charge is 0.481 e. The van der Waals surface area contributed by atoms with Crippen molar-refractivity contribution in [2.45, 2.75) is 70.8 Å². The van der Waals surface area contributed by atoms with E-state index in [0.29, 0.717) is 24.1 Å². The monoisotopic (exact) mass is 372 g/mol. The summed E-state index contributed by atoms with van der Waals surface area (Å²) in [6.07, 6.45) is 6.81. The number of carbonyl (C=O) groups is 3. The average molecular weight is 372 g/mol. The van der Waals surface area contributed by atoms with E-state index in [1.165, 1.54) is 0 Å². The van der Waals surface area contributed by atoms with Crippen LogP contribution in [0.2, 0.25) is 0 Å². The number of hydrogen-bond donors (Lipinski definition) is 3. The van der Waals surface area contributed by atoms with Crippen LogP contribution in [0, 0.1) is 12.3 Å². The Bertz CT molecular complexity index is 732. The lowest BCUT2D eigenvalue weighted by molar-refractivity contribution is -0.152. The number of aliphatic carboxylic acids is 1. The average Bonchev–Trinajstić information content (AvgIpc) is 3.44. The van der Waals surface area contributed by atoms with Gasteiger partial charge in [0, 0.05) is 23.7 Å². The number of aryl methyl sites for hydroxylation is 1. The molecule has 1 aromatic carbocycles. The summed E-state index contributed by atoms with van der Waals surface area (Å²) in [7, 11) is 0. The number of carboxylic acids is 1. The van der Waals surface area contributed by atoms with Crippen molar-refractivity contribution in [1.82, 2.24) is 5.32 Å². The zero-order valence-electron chi connectivity index (χ0n) is 15.8. The minimum atomic E-state index is -0.977. The van der Waals surface area contributed by atoms with Crippen molar-refractivity contribution in [2.24, 2.45) is 5.41 Å². The number of amides is 2. The van der Waals surface area contributed by atoms with Crippen LogP contribution in [0.15, 0.2) is 18.2 Å². The lowest BCUT2D eigenvalue weighted by Gasteiger charge is -2.27. The van der Waals surface area contributed by atoms with Crippen LogP contribution in [0.5, 0.6) is 0 Å². The van der Waals surface area contributed by atoms with Crippen molar-refractivity contribution in [3.8, 4) is 0 Å². The maximum absolute atomic E-state index is 12.6. The fourth-order valence-corrected chi connectivity index (χ4v) is 3.77. The first-order chi connectivity index (χ1) is 12.9. The van der Waals surface area contributed by atoms with Gasteiger partial charge < -0.3 is 15.7 Å². The number of carbonyl (C=O) groups excluding carboxylic acids is 2. The van der Waals surface area contributed by atoms with Gasteiger partial charge in [-0.15, -0.1) is 0 Å². The van der Waals surface area contributed by atoms with E-state index in [4.69, 9.17) is 0 Å². The minimum absolute atomic E-state index is 0.0275. The Hall–Kier alpha value is -2.37. The lowest BCUT2D eigenvalue weighted by Crippen LogP contribution is -2.35. The topological polar surface area (TPSA) is 95.5 Å². The Balaban J connectivity index is 1.70. The third-order valence-electron chi connectivity index (χ3n) is 5.70. The maximum Gasteiger partial charge on any atom is 0.310 e. The molecule has 1 aromatic rings. The van der Waals surface area contributed by atoms with Crippen molar-refractivity contribution in [1.29, 1.82) is 0 Å². The number of anilines is 1. The van der Waals surface area contributed by atoms with E-state index in [0.717, 1.165) is 44.1 Å². The first-order valence-electron chi connectivity index (χ1n) is 9.84.